The van der Waals surface area contributed by atoms with Crippen molar-refractivity contribution in [2.75, 3.05) is 25.1 Å². The van der Waals surface area contributed by atoms with Crippen molar-refractivity contribution in [1.82, 2.24) is 9.88 Å². The Morgan fingerprint density at radius 2 is 2.37 bits per heavy atom. The molecule has 1 saturated heterocycles. The summed E-state index contributed by atoms with van der Waals surface area (Å²) < 4.78 is 0. The first-order valence-corrected chi connectivity index (χ1v) is 6.84. The largest absolute Gasteiger partial charge is 0.391 e. The molecule has 2 atom stereocenters. The lowest BCUT2D eigenvalue weighted by Gasteiger charge is -2.18. The highest BCUT2D eigenvalue weighted by atomic mass is 16.3. The second-order valence-corrected chi connectivity index (χ2v) is 5.37. The molecule has 0 aliphatic carbocycles. The molecule has 0 saturated carbocycles. The number of hydrogen-bond acceptors (Lipinski definition) is 5. The van der Waals surface area contributed by atoms with Crippen LogP contribution in [0, 0.1) is 5.92 Å². The number of likely N-dealkylation sites (tertiary alicyclic amines) is 1. The lowest BCUT2D eigenvalue weighted by Crippen LogP contribution is -2.24. The smallest absolute Gasteiger partial charge is 0.146 e. The average Bonchev–Trinajstić information content (AvgIpc) is 2.95. The summed E-state index contributed by atoms with van der Waals surface area (Å²) in [4.78, 5) is 9.63. The summed E-state index contributed by atoms with van der Waals surface area (Å²) in [5, 5.41) is 13.2. The Morgan fingerprint density at radius 1 is 1.53 bits per heavy atom. The number of anilines is 1. The van der Waals surface area contributed by atoms with Crippen LogP contribution in [-0.2, 0) is 6.54 Å². The van der Waals surface area contributed by atoms with E-state index in [1.807, 2.05) is 6.20 Å². The summed E-state index contributed by atoms with van der Waals surface area (Å²) in [5.74, 6) is 0.960. The number of H-pyrrole nitrogens is 1. The number of aromatic nitrogens is 1. The fourth-order valence-electron chi connectivity index (χ4n) is 2.99. The zero-order valence-electron chi connectivity index (χ0n) is 11.2. The van der Waals surface area contributed by atoms with E-state index in [0.29, 0.717) is 18.4 Å². The molecule has 3 rings (SSSR count). The molecule has 0 amide bonds. The average molecular weight is 263 g/mol. The number of aliphatic hydroxyl groups excluding tert-OH is 1. The first-order valence-electron chi connectivity index (χ1n) is 6.84. The number of amidine groups is 1. The third kappa shape index (κ3) is 2.21. The molecule has 5 N–H and O–H groups in total. The number of rotatable bonds is 3. The molecular weight excluding hydrogens is 242 g/mol. The maximum Gasteiger partial charge on any atom is 0.146 e. The van der Waals surface area contributed by atoms with Gasteiger partial charge >= 0.3 is 0 Å². The zero-order chi connectivity index (χ0) is 13.4. The van der Waals surface area contributed by atoms with E-state index in [-0.39, 0.29) is 6.10 Å². The van der Waals surface area contributed by atoms with Gasteiger partial charge in [-0.05, 0) is 12.3 Å². The molecule has 0 spiro atoms. The van der Waals surface area contributed by atoms with Crippen LogP contribution in [0.15, 0.2) is 11.2 Å². The van der Waals surface area contributed by atoms with Crippen LogP contribution in [-0.4, -0.2) is 46.7 Å². The van der Waals surface area contributed by atoms with E-state index in [1.54, 1.807) is 0 Å². The van der Waals surface area contributed by atoms with Crippen LogP contribution in [0.4, 0.5) is 5.69 Å². The van der Waals surface area contributed by atoms with E-state index < -0.39 is 0 Å². The van der Waals surface area contributed by atoms with E-state index in [0.717, 1.165) is 37.4 Å². The van der Waals surface area contributed by atoms with Crippen LogP contribution in [0.1, 0.15) is 24.6 Å². The fourth-order valence-corrected chi connectivity index (χ4v) is 2.99. The van der Waals surface area contributed by atoms with Gasteiger partial charge in [-0.3, -0.25) is 4.90 Å². The Kier molecular flexibility index (Phi) is 3.20. The van der Waals surface area contributed by atoms with Gasteiger partial charge in [-0.25, -0.2) is 4.99 Å². The minimum absolute atomic E-state index is 0.195. The summed E-state index contributed by atoms with van der Waals surface area (Å²) in [6.07, 6.45) is 2.82. The van der Waals surface area contributed by atoms with Crippen LogP contribution in [0.2, 0.25) is 0 Å². The Bertz CT molecular complexity index is 495. The van der Waals surface area contributed by atoms with Gasteiger partial charge < -0.3 is 21.1 Å². The number of nitrogens with two attached hydrogens (primary N) is 1. The number of aliphatic imine (C=N–C) groups is 1. The Hall–Kier alpha value is -1.53. The first kappa shape index (κ1) is 12.5. The van der Waals surface area contributed by atoms with E-state index in [2.05, 4.69) is 27.1 Å². The van der Waals surface area contributed by atoms with Crippen molar-refractivity contribution < 1.29 is 5.11 Å². The molecule has 3 heterocycles. The molecule has 1 aromatic rings. The van der Waals surface area contributed by atoms with Crippen molar-refractivity contribution >= 4 is 11.5 Å². The standard InChI is InChI=1S/C13H21N5O/c1-2-8-4-18(6-10(8)19)5-9-3-15-12-11(9)16-7-17-13(12)14/h3,8,10,15-16,19H,2,4-7H2,1H3,(H2,14,17). The van der Waals surface area contributed by atoms with Crippen LogP contribution in [0.25, 0.3) is 0 Å². The maximum absolute atomic E-state index is 9.96. The molecule has 2 unspecified atom stereocenters. The minimum atomic E-state index is -0.195. The van der Waals surface area contributed by atoms with Crippen molar-refractivity contribution in [3.63, 3.8) is 0 Å². The monoisotopic (exact) mass is 263 g/mol. The van der Waals surface area contributed by atoms with Crippen molar-refractivity contribution in [1.29, 1.82) is 0 Å². The van der Waals surface area contributed by atoms with Gasteiger partial charge in [-0.2, -0.15) is 0 Å². The Balaban J connectivity index is 1.73. The van der Waals surface area contributed by atoms with Gasteiger partial charge in [0.2, 0.25) is 0 Å². The van der Waals surface area contributed by atoms with Gasteiger partial charge in [0.1, 0.15) is 18.2 Å². The summed E-state index contributed by atoms with van der Waals surface area (Å²) in [6, 6.07) is 0. The number of nitrogens with zero attached hydrogens (tertiary/aromatic N) is 2. The van der Waals surface area contributed by atoms with E-state index >= 15 is 0 Å². The molecule has 2 aliphatic rings. The SMILES string of the molecule is CCC1CN(Cc2c[nH]c3c2NCN=C3N)CC1O. The molecule has 0 radical (unpaired) electrons. The molecule has 1 aromatic heterocycles. The molecule has 6 heteroatoms. The quantitative estimate of drug-likeness (QED) is 0.631. The number of aromatic amines is 1. The predicted octanol–water partition coefficient (Wildman–Crippen LogP) is 0.306. The highest BCUT2D eigenvalue weighted by Gasteiger charge is 2.30. The highest BCUT2D eigenvalue weighted by Crippen LogP contribution is 2.27. The summed E-state index contributed by atoms with van der Waals surface area (Å²) >= 11 is 0. The highest BCUT2D eigenvalue weighted by molar-refractivity contribution is 6.02. The minimum Gasteiger partial charge on any atom is -0.391 e. The summed E-state index contributed by atoms with van der Waals surface area (Å²) in [5.41, 5.74) is 8.99. The lowest BCUT2D eigenvalue weighted by molar-refractivity contribution is 0.139. The predicted molar refractivity (Wildman–Crippen MR) is 75.1 cm³/mol. The molecule has 1 fully saturated rings. The summed E-state index contributed by atoms with van der Waals surface area (Å²) in [6.45, 7) is 5.21. The van der Waals surface area contributed by atoms with Gasteiger partial charge in [0.05, 0.1) is 11.8 Å². The second-order valence-electron chi connectivity index (χ2n) is 5.37. The lowest BCUT2D eigenvalue weighted by atomic mass is 10.0. The maximum atomic E-state index is 9.96. The molecular formula is C13H21N5O. The molecule has 19 heavy (non-hydrogen) atoms. The van der Waals surface area contributed by atoms with Gasteiger partial charge in [0.15, 0.2) is 0 Å². The van der Waals surface area contributed by atoms with Crippen molar-refractivity contribution in [3.8, 4) is 0 Å². The van der Waals surface area contributed by atoms with Gasteiger partial charge in [0, 0.05) is 31.4 Å². The number of β-amino-alcohol motifs (C(OH)–C–C–N with tert-alkyl or cyclic N) is 1. The van der Waals surface area contributed by atoms with Crippen molar-refractivity contribution in [2.45, 2.75) is 26.0 Å². The van der Waals surface area contributed by atoms with Crippen LogP contribution >= 0.6 is 0 Å². The van der Waals surface area contributed by atoms with Crippen LogP contribution in [0.5, 0.6) is 0 Å². The third-order valence-corrected chi connectivity index (χ3v) is 4.12. The number of hydrogen-bond donors (Lipinski definition) is 4. The van der Waals surface area contributed by atoms with Crippen molar-refractivity contribution in [2.24, 2.45) is 16.6 Å². The van der Waals surface area contributed by atoms with Gasteiger partial charge in [0.25, 0.3) is 0 Å². The zero-order valence-corrected chi connectivity index (χ0v) is 11.2. The molecule has 6 nitrogen and oxygen atoms in total. The number of fused-ring (bicyclic) bond motifs is 1. The normalized spacial score (nSPS) is 26.9. The van der Waals surface area contributed by atoms with Crippen molar-refractivity contribution in [3.05, 3.63) is 17.5 Å². The molecule has 0 aromatic carbocycles. The van der Waals surface area contributed by atoms with Crippen LogP contribution in [0.3, 0.4) is 0 Å². The number of aliphatic hydroxyl groups is 1. The van der Waals surface area contributed by atoms with Gasteiger partial charge in [-0.15, -0.1) is 0 Å². The van der Waals surface area contributed by atoms with E-state index in [4.69, 9.17) is 5.73 Å². The van der Waals surface area contributed by atoms with E-state index in [1.165, 1.54) is 5.56 Å². The Morgan fingerprint density at radius 3 is 3.11 bits per heavy atom. The molecule has 104 valence electrons. The van der Waals surface area contributed by atoms with E-state index in [9.17, 15) is 5.11 Å². The molecule has 2 aliphatic heterocycles. The fraction of sp³-hybridized carbons (Fsp3) is 0.615. The Labute approximate surface area is 112 Å². The second kappa shape index (κ2) is 4.86. The topological polar surface area (TPSA) is 89.7 Å². The first-order chi connectivity index (χ1) is 9.19. The molecule has 0 bridgehead atoms. The van der Waals surface area contributed by atoms with Crippen LogP contribution < -0.4 is 11.1 Å². The number of nitrogens with one attached hydrogen (secondary N) is 2. The summed E-state index contributed by atoms with van der Waals surface area (Å²) in [7, 11) is 0. The van der Waals surface area contributed by atoms with Gasteiger partial charge in [-0.1, -0.05) is 6.92 Å². The third-order valence-electron chi connectivity index (χ3n) is 4.12.